The summed E-state index contributed by atoms with van der Waals surface area (Å²) in [7, 11) is 1.38. The van der Waals surface area contributed by atoms with Gasteiger partial charge < -0.3 is 9.64 Å². The highest BCUT2D eigenvalue weighted by molar-refractivity contribution is 5.80. The van der Waals surface area contributed by atoms with Crippen molar-refractivity contribution in [2.24, 2.45) is 5.92 Å². The standard InChI is InChI=1S/C16H21NO3/c1-12(16(19)20-2)11-17(14-8-9-14)15(18)10-13-6-4-3-5-7-13/h3-7,12,14H,8-11H2,1-2H3. The minimum atomic E-state index is -0.277. The van der Waals surface area contributed by atoms with Crippen LogP contribution in [0.3, 0.4) is 0 Å². The van der Waals surface area contributed by atoms with E-state index in [1.807, 2.05) is 35.2 Å². The van der Waals surface area contributed by atoms with Crippen LogP contribution in [-0.2, 0) is 20.7 Å². The topological polar surface area (TPSA) is 46.6 Å². The van der Waals surface area contributed by atoms with E-state index in [1.165, 1.54) is 7.11 Å². The lowest BCUT2D eigenvalue weighted by Gasteiger charge is -2.25. The molecule has 4 nitrogen and oxygen atoms in total. The van der Waals surface area contributed by atoms with Crippen LogP contribution in [0.2, 0.25) is 0 Å². The van der Waals surface area contributed by atoms with E-state index in [4.69, 9.17) is 4.74 Å². The van der Waals surface area contributed by atoms with Crippen molar-refractivity contribution in [3.8, 4) is 0 Å². The Labute approximate surface area is 119 Å². The minimum absolute atomic E-state index is 0.0921. The van der Waals surface area contributed by atoms with Gasteiger partial charge in [0, 0.05) is 12.6 Å². The van der Waals surface area contributed by atoms with Crippen LogP contribution >= 0.6 is 0 Å². The Morgan fingerprint density at radius 3 is 2.50 bits per heavy atom. The predicted octanol–water partition coefficient (Wildman–Crippen LogP) is 2.03. The third kappa shape index (κ3) is 3.83. The van der Waals surface area contributed by atoms with E-state index < -0.39 is 0 Å². The zero-order valence-electron chi connectivity index (χ0n) is 12.0. The molecule has 1 atom stereocenters. The highest BCUT2D eigenvalue weighted by atomic mass is 16.5. The van der Waals surface area contributed by atoms with Crippen molar-refractivity contribution in [3.05, 3.63) is 35.9 Å². The van der Waals surface area contributed by atoms with Gasteiger partial charge in [-0.05, 0) is 18.4 Å². The first kappa shape index (κ1) is 14.6. The molecule has 1 unspecified atom stereocenters. The van der Waals surface area contributed by atoms with Crippen LogP contribution in [0.25, 0.3) is 0 Å². The molecule has 1 fully saturated rings. The number of benzene rings is 1. The minimum Gasteiger partial charge on any atom is -0.469 e. The van der Waals surface area contributed by atoms with Gasteiger partial charge in [-0.25, -0.2) is 0 Å². The maximum absolute atomic E-state index is 12.4. The van der Waals surface area contributed by atoms with Crippen LogP contribution in [0.5, 0.6) is 0 Å². The first-order chi connectivity index (χ1) is 9.61. The van der Waals surface area contributed by atoms with E-state index in [0.29, 0.717) is 19.0 Å². The molecule has 1 amide bonds. The molecule has 0 radical (unpaired) electrons. The number of rotatable bonds is 6. The number of esters is 1. The fourth-order valence-corrected chi connectivity index (χ4v) is 2.28. The first-order valence-electron chi connectivity index (χ1n) is 7.03. The average molecular weight is 275 g/mol. The summed E-state index contributed by atoms with van der Waals surface area (Å²) < 4.78 is 4.73. The second-order valence-electron chi connectivity index (χ2n) is 5.36. The molecule has 0 saturated heterocycles. The van der Waals surface area contributed by atoms with Crippen molar-refractivity contribution < 1.29 is 14.3 Å². The van der Waals surface area contributed by atoms with Crippen LogP contribution in [0.1, 0.15) is 25.3 Å². The number of ether oxygens (including phenoxy) is 1. The van der Waals surface area contributed by atoms with Crippen molar-refractivity contribution in [1.29, 1.82) is 0 Å². The van der Waals surface area contributed by atoms with Gasteiger partial charge in [-0.1, -0.05) is 37.3 Å². The summed E-state index contributed by atoms with van der Waals surface area (Å²) in [4.78, 5) is 25.8. The van der Waals surface area contributed by atoms with Gasteiger partial charge in [-0.2, -0.15) is 0 Å². The Morgan fingerprint density at radius 1 is 1.30 bits per heavy atom. The molecule has 1 aromatic rings. The Hall–Kier alpha value is -1.84. The lowest BCUT2D eigenvalue weighted by molar-refractivity contribution is -0.146. The zero-order valence-corrected chi connectivity index (χ0v) is 12.0. The molecule has 0 aromatic heterocycles. The molecule has 4 heteroatoms. The lowest BCUT2D eigenvalue weighted by atomic mass is 10.1. The summed E-state index contributed by atoms with van der Waals surface area (Å²) in [6.07, 6.45) is 2.47. The Balaban J connectivity index is 1.98. The second kappa shape index (κ2) is 6.55. The van der Waals surface area contributed by atoms with Gasteiger partial charge in [0.25, 0.3) is 0 Å². The molecule has 0 aliphatic heterocycles. The summed E-state index contributed by atoms with van der Waals surface area (Å²) in [6.45, 7) is 2.25. The van der Waals surface area contributed by atoms with Crippen LogP contribution in [0.15, 0.2) is 30.3 Å². The third-order valence-electron chi connectivity index (χ3n) is 3.58. The quantitative estimate of drug-likeness (QED) is 0.746. The van der Waals surface area contributed by atoms with E-state index in [1.54, 1.807) is 6.92 Å². The molecule has 0 spiro atoms. The van der Waals surface area contributed by atoms with Crippen LogP contribution in [0.4, 0.5) is 0 Å². The molecule has 1 aliphatic rings. The Kier molecular flexibility index (Phi) is 4.77. The van der Waals surface area contributed by atoms with Crippen LogP contribution in [-0.4, -0.2) is 36.5 Å². The number of methoxy groups -OCH3 is 1. The maximum atomic E-state index is 12.4. The molecule has 1 aliphatic carbocycles. The predicted molar refractivity (Wildman–Crippen MR) is 76.1 cm³/mol. The van der Waals surface area contributed by atoms with Crippen LogP contribution < -0.4 is 0 Å². The van der Waals surface area contributed by atoms with Gasteiger partial charge in [0.2, 0.25) is 5.91 Å². The van der Waals surface area contributed by atoms with Gasteiger partial charge in [0.15, 0.2) is 0 Å². The average Bonchev–Trinajstić information content (AvgIpc) is 3.29. The van der Waals surface area contributed by atoms with Gasteiger partial charge in [0.1, 0.15) is 0 Å². The molecule has 108 valence electrons. The van der Waals surface area contributed by atoms with E-state index in [2.05, 4.69) is 0 Å². The van der Waals surface area contributed by atoms with Gasteiger partial charge in [-0.3, -0.25) is 9.59 Å². The number of carbonyl (C=O) groups is 2. The number of hydrogen-bond donors (Lipinski definition) is 0. The summed E-state index contributed by atoms with van der Waals surface area (Å²) in [5, 5.41) is 0. The SMILES string of the molecule is COC(=O)C(C)CN(C(=O)Cc1ccccc1)C1CC1. The monoisotopic (exact) mass is 275 g/mol. The Morgan fingerprint density at radius 2 is 1.95 bits per heavy atom. The number of amides is 1. The van der Waals surface area contributed by atoms with Crippen LogP contribution in [0, 0.1) is 5.92 Å². The highest BCUT2D eigenvalue weighted by Gasteiger charge is 2.34. The molecular weight excluding hydrogens is 254 g/mol. The third-order valence-corrected chi connectivity index (χ3v) is 3.58. The van der Waals surface area contributed by atoms with Crippen molar-refractivity contribution in [3.63, 3.8) is 0 Å². The molecule has 1 aromatic carbocycles. The van der Waals surface area contributed by atoms with Gasteiger partial charge in [0.05, 0.1) is 19.4 Å². The fourth-order valence-electron chi connectivity index (χ4n) is 2.28. The zero-order chi connectivity index (χ0) is 14.5. The lowest BCUT2D eigenvalue weighted by Crippen LogP contribution is -2.39. The van der Waals surface area contributed by atoms with Crippen molar-refractivity contribution in [1.82, 2.24) is 4.90 Å². The molecule has 2 rings (SSSR count). The molecule has 0 N–H and O–H groups in total. The Bertz CT molecular complexity index is 468. The molecule has 1 saturated carbocycles. The number of hydrogen-bond acceptors (Lipinski definition) is 3. The summed E-state index contributed by atoms with van der Waals surface area (Å²) in [5.41, 5.74) is 1.01. The summed E-state index contributed by atoms with van der Waals surface area (Å²) in [5.74, 6) is -0.446. The van der Waals surface area contributed by atoms with Crippen molar-refractivity contribution >= 4 is 11.9 Å². The molecule has 0 heterocycles. The highest BCUT2D eigenvalue weighted by Crippen LogP contribution is 2.28. The fraction of sp³-hybridized carbons (Fsp3) is 0.500. The molecule has 0 bridgehead atoms. The summed E-state index contributed by atoms with van der Waals surface area (Å²) >= 11 is 0. The maximum Gasteiger partial charge on any atom is 0.310 e. The van der Waals surface area contributed by atoms with Gasteiger partial charge >= 0.3 is 5.97 Å². The van der Waals surface area contributed by atoms with E-state index in [-0.39, 0.29) is 17.8 Å². The van der Waals surface area contributed by atoms with Crippen molar-refractivity contribution in [2.75, 3.05) is 13.7 Å². The molecule has 20 heavy (non-hydrogen) atoms. The summed E-state index contributed by atoms with van der Waals surface area (Å²) in [6, 6.07) is 10.0. The number of carbonyl (C=O) groups excluding carboxylic acids is 2. The van der Waals surface area contributed by atoms with E-state index in [0.717, 1.165) is 18.4 Å². The number of nitrogens with zero attached hydrogens (tertiary/aromatic N) is 1. The first-order valence-corrected chi connectivity index (χ1v) is 7.03. The van der Waals surface area contributed by atoms with Crippen molar-refractivity contribution in [2.45, 2.75) is 32.2 Å². The largest absolute Gasteiger partial charge is 0.469 e. The van der Waals surface area contributed by atoms with E-state index >= 15 is 0 Å². The molecular formula is C16H21NO3. The van der Waals surface area contributed by atoms with Gasteiger partial charge in [-0.15, -0.1) is 0 Å². The second-order valence-corrected chi connectivity index (χ2v) is 5.36. The normalized spacial score (nSPS) is 15.5. The smallest absolute Gasteiger partial charge is 0.310 e. The van der Waals surface area contributed by atoms with E-state index in [9.17, 15) is 9.59 Å².